The third-order valence-electron chi connectivity index (χ3n) is 7.01. The van der Waals surface area contributed by atoms with E-state index in [-0.39, 0.29) is 5.91 Å². The van der Waals surface area contributed by atoms with Crippen LogP contribution in [0.3, 0.4) is 0 Å². The lowest BCUT2D eigenvalue weighted by molar-refractivity contribution is 0.0828. The zero-order chi connectivity index (χ0) is 24.9. The van der Waals surface area contributed by atoms with Gasteiger partial charge in [0.25, 0.3) is 5.91 Å². The molecule has 3 aromatic heterocycles. The van der Waals surface area contributed by atoms with E-state index < -0.39 is 0 Å². The number of hydrogen-bond donors (Lipinski definition) is 2. The molecule has 2 aliphatic rings. The fraction of sp³-hybridized carbons (Fsp3) is 0.308. The van der Waals surface area contributed by atoms with Crippen LogP contribution in [-0.2, 0) is 0 Å². The maximum Gasteiger partial charge on any atom is 0.255 e. The number of amides is 1. The maximum atomic E-state index is 13.0. The van der Waals surface area contributed by atoms with Crippen molar-refractivity contribution in [1.82, 2.24) is 29.8 Å². The number of nitrogens with zero attached hydrogens (tertiary/aromatic N) is 6. The Kier molecular flexibility index (Phi) is 5.54. The van der Waals surface area contributed by atoms with Crippen molar-refractivity contribution in [1.29, 1.82) is 0 Å². The first-order valence-corrected chi connectivity index (χ1v) is 12.3. The Morgan fingerprint density at radius 1 is 1.11 bits per heavy atom. The number of rotatable bonds is 5. The zero-order valence-corrected chi connectivity index (χ0v) is 21.0. The number of aromatic nitrogens is 4. The van der Waals surface area contributed by atoms with Crippen LogP contribution < -0.4 is 15.5 Å². The normalized spacial score (nSPS) is 16.4. The smallest absolute Gasteiger partial charge is 0.255 e. The van der Waals surface area contributed by atoms with Crippen molar-refractivity contribution < 1.29 is 4.79 Å². The Morgan fingerprint density at radius 3 is 2.58 bits per heavy atom. The SMILES string of the molecule is CN(C)C(=O)c1cc2cnc(Nc3ccc(N4CC5(CCNC5)C4)cn3)nn2c1-c1ccc(Cl)cc1. The molecule has 36 heavy (non-hydrogen) atoms. The number of fused-ring (bicyclic) bond motifs is 1. The van der Waals surface area contributed by atoms with Crippen molar-refractivity contribution in [3.8, 4) is 11.3 Å². The minimum atomic E-state index is -0.113. The van der Waals surface area contributed by atoms with E-state index in [0.29, 0.717) is 39.0 Å². The van der Waals surface area contributed by atoms with Gasteiger partial charge in [-0.15, -0.1) is 5.10 Å². The Labute approximate surface area is 214 Å². The van der Waals surface area contributed by atoms with Gasteiger partial charge in [-0.05, 0) is 43.3 Å². The Bertz CT molecular complexity index is 1420. The number of carbonyl (C=O) groups is 1. The van der Waals surface area contributed by atoms with Crippen molar-refractivity contribution in [3.05, 3.63) is 65.4 Å². The Hall–Kier alpha value is -3.69. The summed E-state index contributed by atoms with van der Waals surface area (Å²) in [6.07, 6.45) is 4.83. The number of pyridine rings is 1. The summed E-state index contributed by atoms with van der Waals surface area (Å²) in [5.74, 6) is 0.927. The van der Waals surface area contributed by atoms with E-state index in [1.165, 1.54) is 6.42 Å². The van der Waals surface area contributed by atoms with Gasteiger partial charge in [-0.3, -0.25) is 4.79 Å². The summed E-state index contributed by atoms with van der Waals surface area (Å²) < 4.78 is 1.73. The Balaban J connectivity index is 1.28. The highest BCUT2D eigenvalue weighted by molar-refractivity contribution is 6.30. The van der Waals surface area contributed by atoms with Gasteiger partial charge in [0.15, 0.2) is 0 Å². The molecular formula is C26H27ClN8O. The van der Waals surface area contributed by atoms with Crippen molar-refractivity contribution in [3.63, 3.8) is 0 Å². The molecule has 10 heteroatoms. The molecule has 1 spiro atoms. The van der Waals surface area contributed by atoms with Gasteiger partial charge in [0, 0.05) is 49.7 Å². The molecule has 0 atom stereocenters. The first-order valence-electron chi connectivity index (χ1n) is 12.0. The van der Waals surface area contributed by atoms with Crippen LogP contribution in [0.5, 0.6) is 0 Å². The molecule has 2 fully saturated rings. The van der Waals surface area contributed by atoms with E-state index in [0.717, 1.165) is 37.4 Å². The third kappa shape index (κ3) is 4.04. The van der Waals surface area contributed by atoms with E-state index in [9.17, 15) is 4.79 Å². The molecule has 5 heterocycles. The average molecular weight is 503 g/mol. The van der Waals surface area contributed by atoms with E-state index in [4.69, 9.17) is 16.7 Å². The van der Waals surface area contributed by atoms with Gasteiger partial charge in [-0.25, -0.2) is 14.5 Å². The molecule has 0 radical (unpaired) electrons. The summed E-state index contributed by atoms with van der Waals surface area (Å²) in [4.78, 5) is 25.9. The number of hydrogen-bond acceptors (Lipinski definition) is 7. The molecule has 0 bridgehead atoms. The second-order valence-corrected chi connectivity index (χ2v) is 10.3. The first-order chi connectivity index (χ1) is 17.4. The molecule has 0 unspecified atom stereocenters. The maximum absolute atomic E-state index is 13.0. The number of carbonyl (C=O) groups excluding carboxylic acids is 1. The quantitative estimate of drug-likeness (QED) is 0.430. The minimum absolute atomic E-state index is 0.113. The Morgan fingerprint density at radius 2 is 1.92 bits per heavy atom. The van der Waals surface area contributed by atoms with Crippen molar-refractivity contribution >= 4 is 40.5 Å². The summed E-state index contributed by atoms with van der Waals surface area (Å²) in [5, 5.41) is 12.0. The summed E-state index contributed by atoms with van der Waals surface area (Å²) in [6.45, 7) is 4.37. The van der Waals surface area contributed by atoms with Gasteiger partial charge < -0.3 is 20.4 Å². The van der Waals surface area contributed by atoms with Crippen LogP contribution in [0.4, 0.5) is 17.5 Å². The molecule has 1 amide bonds. The highest BCUT2D eigenvalue weighted by Gasteiger charge is 2.44. The lowest BCUT2D eigenvalue weighted by Crippen LogP contribution is -2.57. The second kappa shape index (κ2) is 8.76. The molecule has 9 nitrogen and oxygen atoms in total. The van der Waals surface area contributed by atoms with Gasteiger partial charge in [-0.1, -0.05) is 23.7 Å². The largest absolute Gasteiger partial charge is 0.369 e. The summed E-state index contributed by atoms with van der Waals surface area (Å²) in [6, 6.07) is 13.2. The van der Waals surface area contributed by atoms with Gasteiger partial charge >= 0.3 is 0 Å². The third-order valence-corrected chi connectivity index (χ3v) is 7.26. The highest BCUT2D eigenvalue weighted by Crippen LogP contribution is 2.39. The van der Waals surface area contributed by atoms with Gasteiger partial charge in [0.1, 0.15) is 5.82 Å². The minimum Gasteiger partial charge on any atom is -0.369 e. The van der Waals surface area contributed by atoms with Gasteiger partial charge in [-0.2, -0.15) is 0 Å². The molecule has 184 valence electrons. The van der Waals surface area contributed by atoms with E-state index in [1.807, 2.05) is 30.5 Å². The number of halogens is 1. The molecule has 6 rings (SSSR count). The second-order valence-electron chi connectivity index (χ2n) is 9.84. The molecule has 1 aromatic carbocycles. The predicted octanol–water partition coefficient (Wildman–Crippen LogP) is 3.69. The molecule has 2 aliphatic heterocycles. The molecule has 0 aliphatic carbocycles. The molecule has 2 saturated heterocycles. The monoisotopic (exact) mass is 502 g/mol. The molecule has 2 N–H and O–H groups in total. The number of benzene rings is 1. The topological polar surface area (TPSA) is 90.7 Å². The summed E-state index contributed by atoms with van der Waals surface area (Å²) in [5.41, 5.74) is 4.33. The van der Waals surface area contributed by atoms with Crippen LogP contribution in [0, 0.1) is 5.41 Å². The first kappa shape index (κ1) is 22.8. The fourth-order valence-corrected chi connectivity index (χ4v) is 5.21. The van der Waals surface area contributed by atoms with Crippen molar-refractivity contribution in [2.45, 2.75) is 6.42 Å². The zero-order valence-electron chi connectivity index (χ0n) is 20.2. The van der Waals surface area contributed by atoms with E-state index in [2.05, 4.69) is 31.6 Å². The standard InChI is InChI=1S/C26H27ClN8O/c1-33(2)24(36)21-11-20-13-30-25(32-35(20)23(21)17-3-5-18(27)6-4-17)31-22-8-7-19(12-29-22)34-15-26(16-34)9-10-28-14-26/h3-8,11-13,28H,9-10,14-16H2,1-2H3,(H,29,31,32). The van der Waals surface area contributed by atoms with Crippen LogP contribution >= 0.6 is 11.6 Å². The number of nitrogens with one attached hydrogen (secondary N) is 2. The predicted molar refractivity (Wildman–Crippen MR) is 141 cm³/mol. The van der Waals surface area contributed by atoms with E-state index in [1.54, 1.807) is 41.8 Å². The van der Waals surface area contributed by atoms with Gasteiger partial charge in [0.05, 0.1) is 34.9 Å². The van der Waals surface area contributed by atoms with Crippen molar-refractivity contribution in [2.75, 3.05) is 50.5 Å². The van der Waals surface area contributed by atoms with Crippen molar-refractivity contribution in [2.24, 2.45) is 5.41 Å². The number of anilines is 3. The van der Waals surface area contributed by atoms with E-state index >= 15 is 0 Å². The van der Waals surface area contributed by atoms with Crippen LogP contribution in [0.2, 0.25) is 5.02 Å². The molecular weight excluding hydrogens is 476 g/mol. The molecule has 4 aromatic rings. The van der Waals surface area contributed by atoms with Crippen LogP contribution in [0.15, 0.2) is 54.9 Å². The van der Waals surface area contributed by atoms with Crippen LogP contribution in [0.1, 0.15) is 16.8 Å². The fourth-order valence-electron chi connectivity index (χ4n) is 5.09. The lowest BCUT2D eigenvalue weighted by Gasteiger charge is -2.49. The summed E-state index contributed by atoms with van der Waals surface area (Å²) >= 11 is 6.10. The van der Waals surface area contributed by atoms with Gasteiger partial charge in [0.2, 0.25) is 5.95 Å². The van der Waals surface area contributed by atoms with Crippen LogP contribution in [-0.4, -0.2) is 70.7 Å². The summed E-state index contributed by atoms with van der Waals surface area (Å²) in [7, 11) is 3.46. The highest BCUT2D eigenvalue weighted by atomic mass is 35.5. The van der Waals surface area contributed by atoms with Crippen LogP contribution in [0.25, 0.3) is 16.8 Å². The lowest BCUT2D eigenvalue weighted by atomic mass is 9.79. The molecule has 0 saturated carbocycles. The average Bonchev–Trinajstić information content (AvgIpc) is 3.49.